The molecular formula is C19H23N5OS. The van der Waals surface area contributed by atoms with Gasteiger partial charge in [-0.05, 0) is 45.1 Å². The van der Waals surface area contributed by atoms with Crippen molar-refractivity contribution in [2.45, 2.75) is 50.9 Å². The molecule has 1 aliphatic carbocycles. The molecule has 1 fully saturated rings. The Kier molecular flexibility index (Phi) is 5.33. The van der Waals surface area contributed by atoms with Crippen LogP contribution in [-0.4, -0.2) is 32.0 Å². The van der Waals surface area contributed by atoms with Crippen molar-refractivity contribution in [2.24, 2.45) is 5.92 Å². The van der Waals surface area contributed by atoms with Gasteiger partial charge >= 0.3 is 0 Å². The van der Waals surface area contributed by atoms with Crippen molar-refractivity contribution in [1.29, 1.82) is 5.26 Å². The summed E-state index contributed by atoms with van der Waals surface area (Å²) in [6.45, 7) is 6.61. The lowest BCUT2D eigenvalue weighted by atomic mass is 9.98. The second-order valence-electron chi connectivity index (χ2n) is 6.79. The first-order valence-electron chi connectivity index (χ1n) is 8.82. The lowest BCUT2D eigenvalue weighted by Gasteiger charge is -2.22. The van der Waals surface area contributed by atoms with Crippen LogP contribution in [0.2, 0.25) is 0 Å². The molecule has 136 valence electrons. The highest BCUT2D eigenvalue weighted by Crippen LogP contribution is 2.39. The maximum atomic E-state index is 12.3. The van der Waals surface area contributed by atoms with Crippen LogP contribution >= 0.6 is 11.8 Å². The third-order valence-corrected chi connectivity index (χ3v) is 5.74. The molecule has 1 saturated carbocycles. The van der Waals surface area contributed by atoms with E-state index in [2.05, 4.69) is 21.6 Å². The largest absolute Gasteiger partial charge is 0.337 e. The Morgan fingerprint density at radius 1 is 1.42 bits per heavy atom. The third-order valence-electron chi connectivity index (χ3n) is 4.78. The lowest BCUT2D eigenvalue weighted by Crippen LogP contribution is -2.47. The number of rotatable bonds is 7. The molecule has 1 heterocycles. The lowest BCUT2D eigenvalue weighted by molar-refractivity contribution is -0.119. The summed E-state index contributed by atoms with van der Waals surface area (Å²) in [5.74, 6) is 1.16. The van der Waals surface area contributed by atoms with Gasteiger partial charge in [0, 0.05) is 12.1 Å². The van der Waals surface area contributed by atoms with E-state index in [1.807, 2.05) is 42.7 Å². The summed E-state index contributed by atoms with van der Waals surface area (Å²) < 4.78 is 2.02. The second-order valence-corrected chi connectivity index (χ2v) is 7.73. The molecule has 2 aromatic rings. The van der Waals surface area contributed by atoms with Gasteiger partial charge in [-0.15, -0.1) is 10.2 Å². The standard InChI is InChI=1S/C19H23N5OS/c1-4-24-17(15-8-6-5-7-13(15)2)22-23-18(24)26-11-16(25)21-19(3,12-20)14-9-10-14/h5-8,14H,4,9-11H2,1-3H3,(H,21,25). The predicted molar refractivity (Wildman–Crippen MR) is 101 cm³/mol. The summed E-state index contributed by atoms with van der Waals surface area (Å²) >= 11 is 1.35. The molecule has 7 heteroatoms. The van der Waals surface area contributed by atoms with Crippen molar-refractivity contribution >= 4 is 17.7 Å². The second kappa shape index (κ2) is 7.50. The summed E-state index contributed by atoms with van der Waals surface area (Å²) in [7, 11) is 0. The van der Waals surface area contributed by atoms with E-state index < -0.39 is 5.54 Å². The number of amides is 1. The first-order chi connectivity index (χ1) is 12.5. The van der Waals surface area contributed by atoms with Crippen LogP contribution in [0, 0.1) is 24.2 Å². The van der Waals surface area contributed by atoms with Crippen molar-refractivity contribution < 1.29 is 4.79 Å². The zero-order valence-corrected chi connectivity index (χ0v) is 16.1. The number of nitriles is 1. The van der Waals surface area contributed by atoms with Gasteiger partial charge in [0.2, 0.25) is 5.91 Å². The van der Waals surface area contributed by atoms with Gasteiger partial charge in [-0.2, -0.15) is 5.26 Å². The smallest absolute Gasteiger partial charge is 0.231 e. The van der Waals surface area contributed by atoms with Crippen LogP contribution in [0.4, 0.5) is 0 Å². The van der Waals surface area contributed by atoms with E-state index in [-0.39, 0.29) is 17.6 Å². The van der Waals surface area contributed by atoms with Gasteiger partial charge in [0.1, 0.15) is 5.54 Å². The molecule has 6 nitrogen and oxygen atoms in total. The van der Waals surface area contributed by atoms with Gasteiger partial charge in [-0.25, -0.2) is 0 Å². The fourth-order valence-corrected chi connectivity index (χ4v) is 3.84. The topological polar surface area (TPSA) is 83.6 Å². The van der Waals surface area contributed by atoms with Crippen molar-refractivity contribution in [3.63, 3.8) is 0 Å². The van der Waals surface area contributed by atoms with Crippen LogP contribution in [0.5, 0.6) is 0 Å². The molecule has 1 aromatic carbocycles. The van der Waals surface area contributed by atoms with Crippen molar-refractivity contribution in [3.8, 4) is 17.5 Å². The van der Waals surface area contributed by atoms with E-state index in [1.54, 1.807) is 6.92 Å². The fourth-order valence-electron chi connectivity index (χ4n) is 3.04. The molecule has 1 atom stereocenters. The molecule has 0 radical (unpaired) electrons. The molecule has 1 aliphatic rings. The molecule has 0 saturated heterocycles. The Labute approximate surface area is 158 Å². The Morgan fingerprint density at radius 2 is 2.15 bits per heavy atom. The number of carbonyl (C=O) groups is 1. The first-order valence-corrected chi connectivity index (χ1v) is 9.81. The number of nitrogens with zero attached hydrogens (tertiary/aromatic N) is 4. The number of benzene rings is 1. The Balaban J connectivity index is 1.70. The van der Waals surface area contributed by atoms with Crippen LogP contribution < -0.4 is 5.32 Å². The average molecular weight is 369 g/mol. The summed E-state index contributed by atoms with van der Waals surface area (Å²) in [5.41, 5.74) is 1.42. The van der Waals surface area contributed by atoms with Crippen LogP contribution in [0.3, 0.4) is 0 Å². The average Bonchev–Trinajstić information content (AvgIpc) is 3.42. The van der Waals surface area contributed by atoms with E-state index in [9.17, 15) is 10.1 Å². The van der Waals surface area contributed by atoms with Crippen LogP contribution in [0.1, 0.15) is 32.3 Å². The van der Waals surface area contributed by atoms with E-state index in [4.69, 9.17) is 0 Å². The summed E-state index contributed by atoms with van der Waals surface area (Å²) in [6, 6.07) is 10.3. The van der Waals surface area contributed by atoms with Gasteiger partial charge < -0.3 is 9.88 Å². The first kappa shape index (κ1) is 18.5. The Morgan fingerprint density at radius 3 is 2.77 bits per heavy atom. The SMILES string of the molecule is CCn1c(SCC(=O)NC(C)(C#N)C2CC2)nnc1-c1ccccc1C. The monoisotopic (exact) mass is 369 g/mol. The van der Waals surface area contributed by atoms with E-state index in [0.29, 0.717) is 5.16 Å². The summed E-state index contributed by atoms with van der Waals surface area (Å²) in [6.07, 6.45) is 2.00. The molecule has 1 amide bonds. The van der Waals surface area contributed by atoms with Crippen LogP contribution in [-0.2, 0) is 11.3 Å². The van der Waals surface area contributed by atoms with E-state index >= 15 is 0 Å². The number of nitrogens with one attached hydrogen (secondary N) is 1. The number of carbonyl (C=O) groups excluding carboxylic acids is 1. The zero-order chi connectivity index (χ0) is 18.7. The van der Waals surface area contributed by atoms with E-state index in [1.165, 1.54) is 11.8 Å². The maximum Gasteiger partial charge on any atom is 0.231 e. The maximum absolute atomic E-state index is 12.3. The quantitative estimate of drug-likeness (QED) is 0.758. The molecule has 26 heavy (non-hydrogen) atoms. The molecular weight excluding hydrogens is 346 g/mol. The van der Waals surface area contributed by atoms with Gasteiger partial charge in [-0.3, -0.25) is 4.79 Å². The summed E-state index contributed by atoms with van der Waals surface area (Å²) in [4.78, 5) is 12.3. The molecule has 1 aromatic heterocycles. The number of hydrogen-bond acceptors (Lipinski definition) is 5. The van der Waals surface area contributed by atoms with Crippen molar-refractivity contribution in [2.75, 3.05) is 5.75 Å². The van der Waals surface area contributed by atoms with Gasteiger partial charge in [-0.1, -0.05) is 36.0 Å². The molecule has 0 aliphatic heterocycles. The van der Waals surface area contributed by atoms with Crippen molar-refractivity contribution in [3.05, 3.63) is 29.8 Å². The summed E-state index contributed by atoms with van der Waals surface area (Å²) in [5, 5.41) is 21.6. The molecule has 0 bridgehead atoms. The number of aryl methyl sites for hydroxylation is 1. The highest BCUT2D eigenvalue weighted by Gasteiger charge is 2.42. The number of thioether (sulfide) groups is 1. The van der Waals surface area contributed by atoms with Crippen LogP contribution in [0.15, 0.2) is 29.4 Å². The Hall–Kier alpha value is -2.33. The van der Waals surface area contributed by atoms with Gasteiger partial charge in [0.15, 0.2) is 11.0 Å². The fraction of sp³-hybridized carbons (Fsp3) is 0.474. The third kappa shape index (κ3) is 3.75. The Bertz CT molecular complexity index is 852. The zero-order valence-electron chi connectivity index (χ0n) is 15.3. The highest BCUT2D eigenvalue weighted by molar-refractivity contribution is 7.99. The molecule has 3 rings (SSSR count). The van der Waals surface area contributed by atoms with Gasteiger partial charge in [0.05, 0.1) is 11.8 Å². The number of aromatic nitrogens is 3. The van der Waals surface area contributed by atoms with Crippen LogP contribution in [0.25, 0.3) is 11.4 Å². The minimum Gasteiger partial charge on any atom is -0.337 e. The highest BCUT2D eigenvalue weighted by atomic mass is 32.2. The minimum absolute atomic E-state index is 0.144. The van der Waals surface area contributed by atoms with Gasteiger partial charge in [0.25, 0.3) is 0 Å². The normalized spacial score (nSPS) is 15.9. The number of hydrogen-bond donors (Lipinski definition) is 1. The van der Waals surface area contributed by atoms with E-state index in [0.717, 1.165) is 36.3 Å². The van der Waals surface area contributed by atoms with Crippen molar-refractivity contribution in [1.82, 2.24) is 20.1 Å². The molecule has 1 unspecified atom stereocenters. The molecule has 1 N–H and O–H groups in total. The molecule has 0 spiro atoms. The minimum atomic E-state index is -0.762. The predicted octanol–water partition coefficient (Wildman–Crippen LogP) is 3.17.